The molecule has 1 aliphatic heterocycles. The van der Waals surface area contributed by atoms with Gasteiger partial charge in [-0.3, -0.25) is 9.80 Å². The molecule has 1 aromatic rings. The van der Waals surface area contributed by atoms with Crippen LogP contribution in [0.25, 0.3) is 0 Å². The molecule has 3 nitrogen and oxygen atoms in total. The minimum atomic E-state index is 0.194. The molecular formula is C12H18N2O. The Labute approximate surface area is 90.9 Å². The van der Waals surface area contributed by atoms with Gasteiger partial charge >= 0.3 is 0 Å². The summed E-state index contributed by atoms with van der Waals surface area (Å²) in [5.41, 5.74) is 1.37. The predicted octanol–water partition coefficient (Wildman–Crippen LogP) is 0.754. The van der Waals surface area contributed by atoms with Crippen LogP contribution in [0.1, 0.15) is 5.56 Å². The van der Waals surface area contributed by atoms with Crippen molar-refractivity contribution in [1.29, 1.82) is 0 Å². The second-order valence-corrected chi connectivity index (χ2v) is 4.02. The van der Waals surface area contributed by atoms with Crippen molar-refractivity contribution in [2.45, 2.75) is 6.54 Å². The third-order valence-electron chi connectivity index (χ3n) is 2.91. The van der Waals surface area contributed by atoms with E-state index in [0.29, 0.717) is 0 Å². The Balaban J connectivity index is 1.82. The van der Waals surface area contributed by atoms with Crippen LogP contribution in [0.2, 0.25) is 0 Å². The van der Waals surface area contributed by atoms with Gasteiger partial charge in [-0.2, -0.15) is 0 Å². The number of hydrogen-bond acceptors (Lipinski definition) is 3. The highest BCUT2D eigenvalue weighted by Crippen LogP contribution is 2.07. The van der Waals surface area contributed by atoms with E-state index in [1.807, 2.05) is 6.07 Å². The lowest BCUT2D eigenvalue weighted by Crippen LogP contribution is -2.46. The van der Waals surface area contributed by atoms with Crippen molar-refractivity contribution in [3.63, 3.8) is 0 Å². The van der Waals surface area contributed by atoms with Crippen molar-refractivity contribution in [2.24, 2.45) is 0 Å². The van der Waals surface area contributed by atoms with Crippen LogP contribution in [-0.2, 0) is 6.54 Å². The lowest BCUT2D eigenvalue weighted by atomic mass is 10.2. The first kappa shape index (κ1) is 10.6. The van der Waals surface area contributed by atoms with Crippen LogP contribution in [0, 0.1) is 0 Å². The molecule has 0 saturated carbocycles. The van der Waals surface area contributed by atoms with Gasteiger partial charge in [0.05, 0.1) is 6.73 Å². The number of hydrogen-bond donors (Lipinski definition) is 1. The second-order valence-electron chi connectivity index (χ2n) is 4.02. The smallest absolute Gasteiger partial charge is 0.0957 e. The zero-order valence-electron chi connectivity index (χ0n) is 8.97. The molecule has 0 unspecified atom stereocenters. The van der Waals surface area contributed by atoms with Crippen molar-refractivity contribution in [1.82, 2.24) is 9.80 Å². The Bertz CT molecular complexity index is 281. The number of piperazine rings is 1. The van der Waals surface area contributed by atoms with Crippen LogP contribution >= 0.6 is 0 Å². The van der Waals surface area contributed by atoms with E-state index in [-0.39, 0.29) is 6.73 Å². The summed E-state index contributed by atoms with van der Waals surface area (Å²) in [7, 11) is 0. The third kappa shape index (κ3) is 3.02. The van der Waals surface area contributed by atoms with Crippen LogP contribution < -0.4 is 0 Å². The third-order valence-corrected chi connectivity index (χ3v) is 2.91. The molecule has 2 rings (SSSR count). The molecule has 0 bridgehead atoms. The van der Waals surface area contributed by atoms with Gasteiger partial charge in [-0.05, 0) is 5.56 Å². The monoisotopic (exact) mass is 206 g/mol. The normalized spacial score (nSPS) is 19.3. The first-order valence-corrected chi connectivity index (χ1v) is 5.48. The van der Waals surface area contributed by atoms with E-state index in [0.717, 1.165) is 32.7 Å². The minimum Gasteiger partial charge on any atom is -0.381 e. The molecule has 0 amide bonds. The number of aliphatic hydroxyl groups is 1. The molecule has 0 radical (unpaired) electrons. The van der Waals surface area contributed by atoms with E-state index in [9.17, 15) is 0 Å². The lowest BCUT2D eigenvalue weighted by Gasteiger charge is -2.33. The summed E-state index contributed by atoms with van der Waals surface area (Å²) in [5.74, 6) is 0. The Kier molecular flexibility index (Phi) is 3.72. The van der Waals surface area contributed by atoms with Crippen molar-refractivity contribution >= 4 is 0 Å². The summed E-state index contributed by atoms with van der Waals surface area (Å²) in [6, 6.07) is 10.5. The molecule has 1 heterocycles. The zero-order chi connectivity index (χ0) is 10.5. The van der Waals surface area contributed by atoms with Gasteiger partial charge in [0, 0.05) is 32.7 Å². The van der Waals surface area contributed by atoms with Crippen LogP contribution in [-0.4, -0.2) is 47.8 Å². The van der Waals surface area contributed by atoms with Gasteiger partial charge in [-0.1, -0.05) is 30.3 Å². The van der Waals surface area contributed by atoms with Crippen LogP contribution in [0.5, 0.6) is 0 Å². The molecule has 82 valence electrons. The highest BCUT2D eigenvalue weighted by molar-refractivity contribution is 5.14. The van der Waals surface area contributed by atoms with Crippen LogP contribution in [0.15, 0.2) is 30.3 Å². The average Bonchev–Trinajstić information content (AvgIpc) is 2.31. The SMILES string of the molecule is OCN1CCN(Cc2ccccc2)CC1. The predicted molar refractivity (Wildman–Crippen MR) is 60.4 cm³/mol. The molecule has 1 N–H and O–H groups in total. The van der Waals surface area contributed by atoms with Gasteiger partial charge in [0.25, 0.3) is 0 Å². The first-order chi connectivity index (χ1) is 7.38. The van der Waals surface area contributed by atoms with Crippen molar-refractivity contribution in [3.8, 4) is 0 Å². The molecule has 0 aromatic heterocycles. The minimum absolute atomic E-state index is 0.194. The molecule has 3 heteroatoms. The summed E-state index contributed by atoms with van der Waals surface area (Å²) in [4.78, 5) is 4.50. The maximum atomic E-state index is 8.97. The number of rotatable bonds is 3. The number of aliphatic hydroxyl groups excluding tert-OH is 1. The standard InChI is InChI=1S/C12H18N2O/c15-11-14-8-6-13(7-9-14)10-12-4-2-1-3-5-12/h1-5,15H,6-11H2. The van der Waals surface area contributed by atoms with Gasteiger partial charge in [0.15, 0.2) is 0 Å². The van der Waals surface area contributed by atoms with Gasteiger partial charge in [-0.25, -0.2) is 0 Å². The van der Waals surface area contributed by atoms with Crippen molar-refractivity contribution in [2.75, 3.05) is 32.9 Å². The summed E-state index contributed by atoms with van der Waals surface area (Å²) < 4.78 is 0. The average molecular weight is 206 g/mol. The van der Waals surface area contributed by atoms with Crippen molar-refractivity contribution < 1.29 is 5.11 Å². The molecular weight excluding hydrogens is 188 g/mol. The highest BCUT2D eigenvalue weighted by Gasteiger charge is 2.15. The fourth-order valence-corrected chi connectivity index (χ4v) is 1.93. The van der Waals surface area contributed by atoms with E-state index in [2.05, 4.69) is 34.1 Å². The van der Waals surface area contributed by atoms with E-state index in [4.69, 9.17) is 5.11 Å². The summed E-state index contributed by atoms with van der Waals surface area (Å²) in [6.07, 6.45) is 0. The van der Waals surface area contributed by atoms with Crippen LogP contribution in [0.3, 0.4) is 0 Å². The molecule has 0 spiro atoms. The van der Waals surface area contributed by atoms with Crippen LogP contribution in [0.4, 0.5) is 0 Å². The molecule has 15 heavy (non-hydrogen) atoms. The maximum Gasteiger partial charge on any atom is 0.0957 e. The van der Waals surface area contributed by atoms with Gasteiger partial charge < -0.3 is 5.11 Å². The fourth-order valence-electron chi connectivity index (χ4n) is 1.93. The topological polar surface area (TPSA) is 26.7 Å². The fraction of sp³-hybridized carbons (Fsp3) is 0.500. The maximum absolute atomic E-state index is 8.97. The molecule has 1 aliphatic rings. The Hall–Kier alpha value is -0.900. The van der Waals surface area contributed by atoms with Crippen molar-refractivity contribution in [3.05, 3.63) is 35.9 Å². The highest BCUT2D eigenvalue weighted by atomic mass is 16.3. The molecule has 1 fully saturated rings. The summed E-state index contributed by atoms with van der Waals surface area (Å²) in [6.45, 7) is 5.27. The second kappa shape index (κ2) is 5.26. The van der Waals surface area contributed by atoms with E-state index in [1.54, 1.807) is 0 Å². The lowest BCUT2D eigenvalue weighted by molar-refractivity contribution is 0.0518. The number of nitrogens with zero attached hydrogens (tertiary/aromatic N) is 2. The quantitative estimate of drug-likeness (QED) is 0.790. The van der Waals surface area contributed by atoms with E-state index >= 15 is 0 Å². The van der Waals surface area contributed by atoms with Gasteiger partial charge in [0.1, 0.15) is 0 Å². The molecule has 1 saturated heterocycles. The largest absolute Gasteiger partial charge is 0.381 e. The number of benzene rings is 1. The Morgan fingerprint density at radius 2 is 1.53 bits per heavy atom. The Morgan fingerprint density at radius 3 is 2.13 bits per heavy atom. The first-order valence-electron chi connectivity index (χ1n) is 5.48. The van der Waals surface area contributed by atoms with E-state index in [1.165, 1.54) is 5.56 Å². The molecule has 0 atom stereocenters. The zero-order valence-corrected chi connectivity index (χ0v) is 8.97. The van der Waals surface area contributed by atoms with E-state index < -0.39 is 0 Å². The van der Waals surface area contributed by atoms with Gasteiger partial charge in [-0.15, -0.1) is 0 Å². The summed E-state index contributed by atoms with van der Waals surface area (Å²) in [5, 5.41) is 8.97. The molecule has 0 aliphatic carbocycles. The Morgan fingerprint density at radius 1 is 0.933 bits per heavy atom. The molecule has 1 aromatic carbocycles. The van der Waals surface area contributed by atoms with Gasteiger partial charge in [0.2, 0.25) is 0 Å². The summed E-state index contributed by atoms with van der Waals surface area (Å²) >= 11 is 0.